The van der Waals surface area contributed by atoms with Crippen LogP contribution < -0.4 is 4.74 Å². The molecule has 2 heterocycles. The van der Waals surface area contributed by atoms with Gasteiger partial charge in [0.1, 0.15) is 11.8 Å². The van der Waals surface area contributed by atoms with Crippen LogP contribution in [0.4, 0.5) is 0 Å². The fraction of sp³-hybridized carbons (Fsp3) is 0.320. The van der Waals surface area contributed by atoms with Gasteiger partial charge in [0.15, 0.2) is 0 Å². The van der Waals surface area contributed by atoms with Crippen LogP contribution in [0.1, 0.15) is 40.9 Å². The van der Waals surface area contributed by atoms with Crippen LogP contribution in [0, 0.1) is 6.92 Å². The summed E-state index contributed by atoms with van der Waals surface area (Å²) in [5.74, 6) is -0.801. The highest BCUT2D eigenvalue weighted by atomic mass is 16.5. The van der Waals surface area contributed by atoms with E-state index in [0.717, 1.165) is 33.8 Å². The number of ether oxygens (including phenoxy) is 1. The lowest BCUT2D eigenvalue weighted by atomic mass is 9.95. The number of hydrogen-bond acceptors (Lipinski definition) is 4. The first-order valence-corrected chi connectivity index (χ1v) is 10.6. The minimum Gasteiger partial charge on any atom is -0.496 e. The highest BCUT2D eigenvalue weighted by Crippen LogP contribution is 2.28. The van der Waals surface area contributed by atoms with Crippen molar-refractivity contribution < 1.29 is 19.4 Å². The molecule has 1 N–H and O–H groups in total. The summed E-state index contributed by atoms with van der Waals surface area (Å²) in [6.45, 7) is 4.57. The van der Waals surface area contributed by atoms with Gasteiger partial charge in [-0.2, -0.15) is 0 Å². The van der Waals surface area contributed by atoms with E-state index < -0.39 is 17.9 Å². The highest BCUT2D eigenvalue weighted by Gasteiger charge is 2.38. The number of benzene rings is 2. The maximum absolute atomic E-state index is 13.2. The summed E-state index contributed by atoms with van der Waals surface area (Å²) in [4.78, 5) is 31.3. The molecule has 1 aliphatic heterocycles. The lowest BCUT2D eigenvalue weighted by Crippen LogP contribution is -2.50. The zero-order valence-corrected chi connectivity index (χ0v) is 18.5. The van der Waals surface area contributed by atoms with Gasteiger partial charge in [-0.15, -0.1) is 0 Å². The van der Waals surface area contributed by atoms with Gasteiger partial charge in [-0.25, -0.2) is 9.78 Å². The molecule has 7 heteroatoms. The molecule has 1 unspecified atom stereocenters. The van der Waals surface area contributed by atoms with E-state index in [-0.39, 0.29) is 18.9 Å². The predicted molar refractivity (Wildman–Crippen MR) is 120 cm³/mol. The Morgan fingerprint density at radius 1 is 1.22 bits per heavy atom. The molecule has 0 fully saturated rings. The van der Waals surface area contributed by atoms with Gasteiger partial charge in [-0.3, -0.25) is 4.79 Å². The largest absolute Gasteiger partial charge is 0.496 e. The van der Waals surface area contributed by atoms with E-state index in [0.29, 0.717) is 6.54 Å². The number of hydrogen-bond donors (Lipinski definition) is 1. The summed E-state index contributed by atoms with van der Waals surface area (Å²) < 4.78 is 7.31. The van der Waals surface area contributed by atoms with Crippen molar-refractivity contribution in [2.45, 2.75) is 45.3 Å². The zero-order chi connectivity index (χ0) is 22.8. The molecular weight excluding hydrogens is 406 g/mol. The third kappa shape index (κ3) is 4.10. The summed E-state index contributed by atoms with van der Waals surface area (Å²) in [7, 11) is 1.64. The number of aromatic nitrogens is 2. The number of aryl methyl sites for hydroxylation is 1. The molecule has 2 atom stereocenters. The fourth-order valence-corrected chi connectivity index (χ4v) is 4.34. The second kappa shape index (κ2) is 8.86. The van der Waals surface area contributed by atoms with Gasteiger partial charge in [0.2, 0.25) is 5.91 Å². The summed E-state index contributed by atoms with van der Waals surface area (Å²) in [6.07, 6.45) is 1.96. The van der Waals surface area contributed by atoms with Gasteiger partial charge >= 0.3 is 5.97 Å². The van der Waals surface area contributed by atoms with Gasteiger partial charge in [-0.1, -0.05) is 42.5 Å². The molecule has 0 radical (unpaired) electrons. The number of amides is 1. The smallest absolute Gasteiger partial charge is 0.326 e. The Morgan fingerprint density at radius 3 is 2.62 bits per heavy atom. The Hall–Kier alpha value is -3.61. The SMILES string of the molecule is COc1ccc(Cn2cnc3c2C[C@@H](C(=O)O)N(C(=O)C(C)c2ccccc2)C3)cc1C. The van der Waals surface area contributed by atoms with Crippen molar-refractivity contribution in [3.8, 4) is 5.75 Å². The molecule has 0 spiro atoms. The lowest BCUT2D eigenvalue weighted by Gasteiger charge is -2.35. The highest BCUT2D eigenvalue weighted by molar-refractivity contribution is 5.88. The van der Waals surface area contributed by atoms with Crippen molar-refractivity contribution in [3.05, 3.63) is 82.9 Å². The van der Waals surface area contributed by atoms with Crippen molar-refractivity contribution in [1.82, 2.24) is 14.5 Å². The first-order valence-electron chi connectivity index (χ1n) is 10.6. The van der Waals surface area contributed by atoms with Crippen LogP contribution in [0.5, 0.6) is 5.75 Å². The van der Waals surface area contributed by atoms with Crippen LogP contribution in [-0.4, -0.2) is 44.6 Å². The van der Waals surface area contributed by atoms with Gasteiger partial charge < -0.3 is 19.3 Å². The number of carboxylic acids is 1. The van der Waals surface area contributed by atoms with Crippen molar-refractivity contribution in [3.63, 3.8) is 0 Å². The summed E-state index contributed by atoms with van der Waals surface area (Å²) >= 11 is 0. The van der Waals surface area contributed by atoms with E-state index in [1.807, 2.05) is 60.9 Å². The second-order valence-corrected chi connectivity index (χ2v) is 8.23. The Labute approximate surface area is 187 Å². The summed E-state index contributed by atoms with van der Waals surface area (Å²) in [5, 5.41) is 9.91. The molecule has 0 bridgehead atoms. The number of fused-ring (bicyclic) bond motifs is 1. The maximum atomic E-state index is 13.2. The molecule has 7 nitrogen and oxygen atoms in total. The van der Waals surface area contributed by atoms with E-state index in [1.165, 1.54) is 4.90 Å². The fourth-order valence-electron chi connectivity index (χ4n) is 4.34. The summed E-state index contributed by atoms with van der Waals surface area (Å²) in [6, 6.07) is 14.5. The van der Waals surface area contributed by atoms with Crippen LogP contribution in [0.15, 0.2) is 54.9 Å². The van der Waals surface area contributed by atoms with E-state index in [1.54, 1.807) is 13.4 Å². The van der Waals surface area contributed by atoms with Crippen LogP contribution in [0.2, 0.25) is 0 Å². The molecule has 32 heavy (non-hydrogen) atoms. The Kier molecular flexibility index (Phi) is 5.99. The molecule has 4 rings (SSSR count). The van der Waals surface area contributed by atoms with Crippen molar-refractivity contribution >= 4 is 11.9 Å². The van der Waals surface area contributed by atoms with Crippen molar-refractivity contribution in [1.29, 1.82) is 0 Å². The average molecular weight is 434 g/mol. The quantitative estimate of drug-likeness (QED) is 0.644. The van der Waals surface area contributed by atoms with Gasteiger partial charge in [0.05, 0.1) is 31.6 Å². The molecule has 1 aromatic heterocycles. The maximum Gasteiger partial charge on any atom is 0.326 e. The predicted octanol–water partition coefficient (Wildman–Crippen LogP) is 3.39. The Bertz CT molecular complexity index is 1140. The number of nitrogens with zero attached hydrogens (tertiary/aromatic N) is 3. The molecule has 166 valence electrons. The van der Waals surface area contributed by atoms with Gasteiger partial charge in [-0.05, 0) is 36.6 Å². The number of imidazole rings is 1. The molecule has 1 amide bonds. The van der Waals surface area contributed by atoms with Crippen molar-refractivity contribution in [2.75, 3.05) is 7.11 Å². The molecular formula is C25H27N3O4. The topological polar surface area (TPSA) is 84.7 Å². The van der Waals surface area contributed by atoms with Gasteiger partial charge in [0, 0.05) is 18.7 Å². The molecule has 3 aromatic rings. The third-order valence-electron chi connectivity index (χ3n) is 6.17. The lowest BCUT2D eigenvalue weighted by molar-refractivity contribution is -0.152. The Morgan fingerprint density at radius 2 is 1.97 bits per heavy atom. The van der Waals surface area contributed by atoms with Crippen LogP contribution >= 0.6 is 0 Å². The van der Waals surface area contributed by atoms with E-state index >= 15 is 0 Å². The number of rotatable bonds is 6. The molecule has 0 saturated heterocycles. The standard InChI is InChI=1S/C25H27N3O4/c1-16-11-18(9-10-23(16)32-3)13-27-15-26-20-14-28(22(25(30)31)12-21(20)27)24(29)17(2)19-7-5-4-6-8-19/h4-11,15,17,22H,12-14H2,1-3H3,(H,30,31)/t17?,22-/m0/s1. The minimum atomic E-state index is -1.00. The van der Waals surface area contributed by atoms with E-state index in [2.05, 4.69) is 11.1 Å². The number of aliphatic carboxylic acids is 1. The van der Waals surface area contributed by atoms with Gasteiger partial charge in [0.25, 0.3) is 0 Å². The second-order valence-electron chi connectivity index (χ2n) is 8.23. The first-order chi connectivity index (χ1) is 15.4. The molecule has 2 aromatic carbocycles. The van der Waals surface area contributed by atoms with Crippen LogP contribution in [0.3, 0.4) is 0 Å². The first kappa shape index (κ1) is 21.6. The third-order valence-corrected chi connectivity index (χ3v) is 6.17. The van der Waals surface area contributed by atoms with Crippen LogP contribution in [0.25, 0.3) is 0 Å². The molecule has 0 aliphatic carbocycles. The zero-order valence-electron chi connectivity index (χ0n) is 18.5. The number of carboxylic acid groups (broad SMARTS) is 1. The number of carbonyl (C=O) groups is 2. The molecule has 1 aliphatic rings. The normalized spacial score (nSPS) is 16.3. The number of methoxy groups -OCH3 is 1. The minimum absolute atomic E-state index is 0.191. The number of carbonyl (C=O) groups excluding carboxylic acids is 1. The Balaban J connectivity index is 1.59. The average Bonchev–Trinajstić information content (AvgIpc) is 3.19. The van der Waals surface area contributed by atoms with Crippen LogP contribution in [-0.2, 0) is 29.1 Å². The van der Waals surface area contributed by atoms with E-state index in [4.69, 9.17) is 4.74 Å². The van der Waals surface area contributed by atoms with Crippen molar-refractivity contribution in [2.24, 2.45) is 0 Å². The summed E-state index contributed by atoms with van der Waals surface area (Å²) in [5.41, 5.74) is 4.59. The monoisotopic (exact) mass is 433 g/mol. The molecule has 0 saturated carbocycles. The van der Waals surface area contributed by atoms with E-state index in [9.17, 15) is 14.7 Å².